The Bertz CT molecular complexity index is 1040. The fourth-order valence-corrected chi connectivity index (χ4v) is 4.88. The molecule has 0 saturated carbocycles. The lowest BCUT2D eigenvalue weighted by atomic mass is 9.99. The first-order valence-corrected chi connectivity index (χ1v) is 11.6. The predicted molar refractivity (Wildman–Crippen MR) is 111 cm³/mol. The quantitative estimate of drug-likeness (QED) is 0.569. The summed E-state index contributed by atoms with van der Waals surface area (Å²) < 4.78 is 32.7. The molecule has 10 heteroatoms. The molecular formula is C20H25N5O4S. The standard InChI is InChI=1S/C20H25N5O4S/c1-21-8-9-29-17-11-22-12-18(23-17)30(27,28)25-20(26)24-19-15-6-2-4-13(15)10-14-5-3-7-16(14)19/h10-12,21H,2-9H2,1H3,(H2,24,25,26). The average Bonchev–Trinajstić information content (AvgIpc) is 3.37. The van der Waals surface area contributed by atoms with Gasteiger partial charge in [-0.1, -0.05) is 6.07 Å². The molecule has 0 saturated heterocycles. The maximum Gasteiger partial charge on any atom is 0.333 e. The lowest BCUT2D eigenvalue weighted by Crippen LogP contribution is -2.35. The number of nitrogens with one attached hydrogen (secondary N) is 3. The van der Waals surface area contributed by atoms with Crippen LogP contribution in [0.3, 0.4) is 0 Å². The van der Waals surface area contributed by atoms with Crippen LogP contribution in [-0.4, -0.2) is 44.6 Å². The van der Waals surface area contributed by atoms with Crippen LogP contribution in [0.4, 0.5) is 10.5 Å². The van der Waals surface area contributed by atoms with Gasteiger partial charge in [0.25, 0.3) is 10.0 Å². The van der Waals surface area contributed by atoms with E-state index in [1.54, 1.807) is 7.05 Å². The van der Waals surface area contributed by atoms with Gasteiger partial charge in [0.2, 0.25) is 5.88 Å². The van der Waals surface area contributed by atoms with E-state index in [-0.39, 0.29) is 10.9 Å². The van der Waals surface area contributed by atoms with Crippen LogP contribution in [-0.2, 0) is 35.7 Å². The normalized spacial score (nSPS) is 14.8. The highest BCUT2D eigenvalue weighted by Gasteiger charge is 2.27. The van der Waals surface area contributed by atoms with Gasteiger partial charge in [-0.3, -0.25) is 4.98 Å². The Kier molecular flexibility index (Phi) is 5.87. The molecule has 3 N–H and O–H groups in total. The third-order valence-corrected chi connectivity index (χ3v) is 6.61. The summed E-state index contributed by atoms with van der Waals surface area (Å²) in [6.45, 7) is 0.887. The number of carbonyl (C=O) groups excluding carboxylic acids is 1. The number of urea groups is 1. The van der Waals surface area contributed by atoms with Crippen LogP contribution in [0.25, 0.3) is 0 Å². The molecule has 1 heterocycles. The molecule has 30 heavy (non-hydrogen) atoms. The monoisotopic (exact) mass is 431 g/mol. The van der Waals surface area contributed by atoms with E-state index in [0.717, 1.165) is 61.5 Å². The average molecular weight is 432 g/mol. The number of carbonyl (C=O) groups is 1. The highest BCUT2D eigenvalue weighted by Crippen LogP contribution is 2.38. The van der Waals surface area contributed by atoms with Gasteiger partial charge in [0.15, 0.2) is 5.03 Å². The SMILES string of the molecule is CNCCOc1cncc(S(=O)(=O)NC(=O)Nc2c3c(cc4c2CCC4)CCC3)n1. The van der Waals surface area contributed by atoms with Crippen molar-refractivity contribution in [2.45, 2.75) is 43.6 Å². The lowest BCUT2D eigenvalue weighted by molar-refractivity contribution is 0.256. The number of amides is 2. The number of rotatable bonds is 7. The number of sulfonamides is 1. The largest absolute Gasteiger partial charge is 0.475 e. The van der Waals surface area contributed by atoms with Crippen LogP contribution >= 0.6 is 0 Å². The number of anilines is 1. The molecule has 1 aromatic carbocycles. The molecule has 2 amide bonds. The predicted octanol–water partition coefficient (Wildman–Crippen LogP) is 1.56. The molecule has 0 fully saturated rings. The molecule has 2 aromatic rings. The maximum atomic E-state index is 12.6. The Hall–Kier alpha value is -2.72. The number of benzene rings is 1. The summed E-state index contributed by atoms with van der Waals surface area (Å²) in [6, 6.07) is 1.45. The molecule has 9 nitrogen and oxygen atoms in total. The topological polar surface area (TPSA) is 122 Å². The summed E-state index contributed by atoms with van der Waals surface area (Å²) in [7, 11) is -2.42. The Morgan fingerprint density at radius 3 is 2.47 bits per heavy atom. The zero-order chi connectivity index (χ0) is 21.1. The van der Waals surface area contributed by atoms with E-state index in [9.17, 15) is 13.2 Å². The molecule has 2 aliphatic carbocycles. The highest BCUT2D eigenvalue weighted by atomic mass is 32.2. The van der Waals surface area contributed by atoms with Crippen LogP contribution in [0, 0.1) is 0 Å². The summed E-state index contributed by atoms with van der Waals surface area (Å²) in [5.41, 5.74) is 5.54. The van der Waals surface area contributed by atoms with Crippen molar-refractivity contribution in [2.24, 2.45) is 0 Å². The van der Waals surface area contributed by atoms with E-state index >= 15 is 0 Å². The van der Waals surface area contributed by atoms with Crippen molar-refractivity contribution in [2.75, 3.05) is 25.5 Å². The third kappa shape index (κ3) is 4.24. The first-order chi connectivity index (χ1) is 14.5. The Labute approximate surface area is 175 Å². The third-order valence-electron chi connectivity index (χ3n) is 5.41. The van der Waals surface area contributed by atoms with Crippen LogP contribution in [0.2, 0.25) is 0 Å². The minimum Gasteiger partial charge on any atom is -0.475 e. The van der Waals surface area contributed by atoms with Gasteiger partial charge in [-0.15, -0.1) is 0 Å². The van der Waals surface area contributed by atoms with Crippen molar-refractivity contribution in [1.29, 1.82) is 0 Å². The van der Waals surface area contributed by atoms with E-state index in [0.29, 0.717) is 13.2 Å². The lowest BCUT2D eigenvalue weighted by Gasteiger charge is -2.16. The minimum atomic E-state index is -4.19. The number of ether oxygens (including phenoxy) is 1. The number of aromatic nitrogens is 2. The van der Waals surface area contributed by atoms with Gasteiger partial charge in [0.05, 0.1) is 12.4 Å². The number of nitrogens with zero attached hydrogens (tertiary/aromatic N) is 2. The second kappa shape index (κ2) is 8.57. The fraction of sp³-hybridized carbons (Fsp3) is 0.450. The van der Waals surface area contributed by atoms with Gasteiger partial charge in [-0.25, -0.2) is 9.52 Å². The van der Waals surface area contributed by atoms with Crippen molar-refractivity contribution >= 4 is 21.7 Å². The molecule has 160 valence electrons. The molecule has 0 spiro atoms. The van der Waals surface area contributed by atoms with Gasteiger partial charge in [0.1, 0.15) is 6.61 Å². The van der Waals surface area contributed by atoms with Gasteiger partial charge >= 0.3 is 6.03 Å². The van der Waals surface area contributed by atoms with E-state index in [4.69, 9.17) is 4.74 Å². The Morgan fingerprint density at radius 2 is 1.80 bits per heavy atom. The van der Waals surface area contributed by atoms with Crippen LogP contribution < -0.4 is 20.1 Å². The maximum absolute atomic E-state index is 12.6. The molecule has 0 radical (unpaired) electrons. The number of fused-ring (bicyclic) bond motifs is 2. The van der Waals surface area contributed by atoms with E-state index in [2.05, 4.69) is 26.7 Å². The van der Waals surface area contributed by atoms with Gasteiger partial charge < -0.3 is 15.4 Å². The molecule has 0 unspecified atom stereocenters. The van der Waals surface area contributed by atoms with E-state index < -0.39 is 16.1 Å². The van der Waals surface area contributed by atoms with E-state index in [1.165, 1.54) is 17.3 Å². The molecule has 4 rings (SSSR count). The molecule has 2 aliphatic rings. The van der Waals surface area contributed by atoms with Crippen molar-refractivity contribution in [3.05, 3.63) is 40.7 Å². The fourth-order valence-electron chi connectivity index (χ4n) is 4.07. The Balaban J connectivity index is 1.50. The zero-order valence-electron chi connectivity index (χ0n) is 16.8. The number of hydrogen-bond acceptors (Lipinski definition) is 7. The molecule has 0 bridgehead atoms. The number of likely N-dealkylation sites (N-methyl/N-ethyl adjacent to an activating group) is 1. The first kappa shape index (κ1) is 20.5. The van der Waals surface area contributed by atoms with Crippen molar-refractivity contribution in [3.63, 3.8) is 0 Å². The minimum absolute atomic E-state index is 0.0761. The molecular weight excluding hydrogens is 406 g/mol. The second-order valence-corrected chi connectivity index (χ2v) is 9.07. The second-order valence-electron chi connectivity index (χ2n) is 7.44. The van der Waals surface area contributed by atoms with Crippen LogP contribution in [0.1, 0.15) is 35.1 Å². The zero-order valence-corrected chi connectivity index (χ0v) is 17.6. The van der Waals surface area contributed by atoms with E-state index in [1.807, 2.05) is 4.72 Å². The molecule has 0 atom stereocenters. The van der Waals surface area contributed by atoms with Crippen LogP contribution in [0.15, 0.2) is 23.5 Å². The summed E-state index contributed by atoms with van der Waals surface area (Å²) in [5, 5.41) is 5.35. The summed E-state index contributed by atoms with van der Waals surface area (Å²) >= 11 is 0. The Morgan fingerprint density at radius 1 is 1.10 bits per heavy atom. The molecule has 0 aliphatic heterocycles. The molecule has 1 aromatic heterocycles. The summed E-state index contributed by atoms with van der Waals surface area (Å²) in [4.78, 5) is 20.4. The van der Waals surface area contributed by atoms with Gasteiger partial charge in [-0.2, -0.15) is 13.4 Å². The van der Waals surface area contributed by atoms with Crippen molar-refractivity contribution in [3.8, 4) is 5.88 Å². The number of aryl methyl sites for hydroxylation is 2. The highest BCUT2D eigenvalue weighted by molar-refractivity contribution is 7.90. The number of hydrogen-bond donors (Lipinski definition) is 3. The first-order valence-electron chi connectivity index (χ1n) is 10.1. The van der Waals surface area contributed by atoms with Crippen molar-refractivity contribution in [1.82, 2.24) is 20.0 Å². The summed E-state index contributed by atoms with van der Waals surface area (Å²) in [6.07, 6.45) is 8.26. The van der Waals surface area contributed by atoms with Crippen LogP contribution in [0.5, 0.6) is 5.88 Å². The van der Waals surface area contributed by atoms with Crippen molar-refractivity contribution < 1.29 is 17.9 Å². The van der Waals surface area contributed by atoms with Gasteiger partial charge in [-0.05, 0) is 67.8 Å². The summed E-state index contributed by atoms with van der Waals surface area (Å²) in [5.74, 6) is 0.0761. The smallest absolute Gasteiger partial charge is 0.333 e. The van der Waals surface area contributed by atoms with Gasteiger partial charge in [0, 0.05) is 12.2 Å².